The molecule has 0 saturated carbocycles. The van der Waals surface area contributed by atoms with E-state index in [-0.39, 0.29) is 4.90 Å². The number of benzene rings is 2. The van der Waals surface area contributed by atoms with Crippen molar-refractivity contribution in [2.45, 2.75) is 11.4 Å². The van der Waals surface area contributed by atoms with Gasteiger partial charge in [-0.2, -0.15) is 0 Å². The largest absolute Gasteiger partial charge is 0.488 e. The first kappa shape index (κ1) is 15.7. The zero-order chi connectivity index (χ0) is 16.6. The number of hydrogen-bond donors (Lipinski definition) is 2. The molecule has 1 aromatic heterocycles. The molecule has 0 saturated heterocycles. The topological polar surface area (TPSA) is 92.4 Å². The van der Waals surface area contributed by atoms with Gasteiger partial charge >= 0.3 is 7.12 Å². The Labute approximate surface area is 134 Å². The summed E-state index contributed by atoms with van der Waals surface area (Å²) in [5, 5.41) is 18.2. The Morgan fingerprint density at radius 2 is 1.83 bits per heavy atom. The van der Waals surface area contributed by atoms with Gasteiger partial charge in [-0.05, 0) is 29.2 Å². The molecule has 1 heterocycles. The predicted octanol–water partition coefficient (Wildman–Crippen LogP) is 0.168. The van der Waals surface area contributed by atoms with Crippen LogP contribution in [0.25, 0.3) is 11.0 Å². The van der Waals surface area contributed by atoms with E-state index < -0.39 is 17.0 Å². The molecule has 0 atom stereocenters. The lowest BCUT2D eigenvalue weighted by Crippen LogP contribution is -2.29. The van der Waals surface area contributed by atoms with E-state index in [0.29, 0.717) is 12.0 Å². The molecule has 0 radical (unpaired) electrons. The zero-order valence-electron chi connectivity index (χ0n) is 12.4. The molecule has 118 valence electrons. The summed E-state index contributed by atoms with van der Waals surface area (Å²) >= 11 is 0. The highest BCUT2D eigenvalue weighted by Crippen LogP contribution is 2.19. The van der Waals surface area contributed by atoms with Gasteiger partial charge in [-0.25, -0.2) is 13.4 Å². The minimum absolute atomic E-state index is 0.255. The van der Waals surface area contributed by atoms with Gasteiger partial charge in [-0.1, -0.05) is 24.3 Å². The molecule has 23 heavy (non-hydrogen) atoms. The van der Waals surface area contributed by atoms with E-state index in [9.17, 15) is 8.42 Å². The Morgan fingerprint density at radius 3 is 2.43 bits per heavy atom. The third-order valence-corrected chi connectivity index (χ3v) is 4.76. The summed E-state index contributed by atoms with van der Waals surface area (Å²) < 4.78 is 25.2. The van der Waals surface area contributed by atoms with Gasteiger partial charge in [0.25, 0.3) is 0 Å². The number of hydrogen-bond acceptors (Lipinski definition) is 5. The Kier molecular flexibility index (Phi) is 3.97. The fourth-order valence-electron chi connectivity index (χ4n) is 2.39. The maximum atomic E-state index is 11.7. The van der Waals surface area contributed by atoms with Crippen LogP contribution in [-0.4, -0.2) is 41.4 Å². The van der Waals surface area contributed by atoms with Crippen molar-refractivity contribution in [1.29, 1.82) is 0 Å². The van der Waals surface area contributed by atoms with Crippen LogP contribution in [0.1, 0.15) is 5.56 Å². The number of sulfone groups is 1. The number of rotatable bonds is 4. The van der Waals surface area contributed by atoms with Crippen molar-refractivity contribution in [2.75, 3.05) is 6.26 Å². The van der Waals surface area contributed by atoms with Gasteiger partial charge in [0.2, 0.25) is 0 Å². The van der Waals surface area contributed by atoms with Gasteiger partial charge in [0.05, 0.1) is 22.3 Å². The van der Waals surface area contributed by atoms with Crippen LogP contribution in [0.5, 0.6) is 0 Å². The second-order valence-corrected chi connectivity index (χ2v) is 7.43. The molecule has 0 aliphatic carbocycles. The van der Waals surface area contributed by atoms with Crippen LogP contribution >= 0.6 is 0 Å². The highest BCUT2D eigenvalue weighted by Gasteiger charge is 2.12. The number of fused-ring (bicyclic) bond motifs is 1. The van der Waals surface area contributed by atoms with E-state index in [0.717, 1.165) is 16.6 Å². The smallest absolute Gasteiger partial charge is 0.423 e. The summed E-state index contributed by atoms with van der Waals surface area (Å²) in [4.78, 5) is 4.53. The third kappa shape index (κ3) is 3.29. The second-order valence-electron chi connectivity index (χ2n) is 5.41. The molecule has 6 nitrogen and oxygen atoms in total. The van der Waals surface area contributed by atoms with Gasteiger partial charge < -0.3 is 14.6 Å². The molecule has 0 bridgehead atoms. The summed E-state index contributed by atoms with van der Waals surface area (Å²) in [6.07, 6.45) is 2.83. The third-order valence-electron chi connectivity index (χ3n) is 3.65. The fraction of sp³-hybridized carbons (Fsp3) is 0.133. The van der Waals surface area contributed by atoms with E-state index in [1.54, 1.807) is 48.8 Å². The van der Waals surface area contributed by atoms with E-state index in [4.69, 9.17) is 10.0 Å². The second kappa shape index (κ2) is 5.80. The van der Waals surface area contributed by atoms with Gasteiger partial charge in [0, 0.05) is 12.8 Å². The molecule has 0 spiro atoms. The molecule has 0 fully saturated rings. The minimum Gasteiger partial charge on any atom is -0.423 e. The van der Waals surface area contributed by atoms with E-state index in [1.807, 2.05) is 4.57 Å². The van der Waals surface area contributed by atoms with Crippen LogP contribution in [0, 0.1) is 0 Å². The lowest BCUT2D eigenvalue weighted by Gasteiger charge is -2.07. The summed E-state index contributed by atoms with van der Waals surface area (Å²) in [7, 11) is -4.76. The monoisotopic (exact) mass is 330 g/mol. The highest BCUT2D eigenvalue weighted by molar-refractivity contribution is 7.90. The molecule has 2 aromatic carbocycles. The van der Waals surface area contributed by atoms with Gasteiger partial charge in [0.15, 0.2) is 9.84 Å². The van der Waals surface area contributed by atoms with Crippen molar-refractivity contribution in [2.24, 2.45) is 0 Å². The van der Waals surface area contributed by atoms with E-state index in [2.05, 4.69) is 4.98 Å². The number of aromatic nitrogens is 2. The molecular weight excluding hydrogens is 315 g/mol. The van der Waals surface area contributed by atoms with Crippen LogP contribution in [0.15, 0.2) is 53.7 Å². The lowest BCUT2D eigenvalue weighted by atomic mass is 9.80. The van der Waals surface area contributed by atoms with Gasteiger partial charge in [-0.15, -0.1) is 0 Å². The van der Waals surface area contributed by atoms with Crippen LogP contribution in [-0.2, 0) is 16.4 Å². The molecule has 3 aromatic rings. The Bertz CT molecular complexity index is 949. The van der Waals surface area contributed by atoms with Gasteiger partial charge in [-0.3, -0.25) is 0 Å². The first-order chi connectivity index (χ1) is 10.8. The Balaban J connectivity index is 1.96. The van der Waals surface area contributed by atoms with Crippen LogP contribution < -0.4 is 5.46 Å². The van der Waals surface area contributed by atoms with E-state index >= 15 is 0 Å². The molecule has 0 aliphatic heterocycles. The Hall–Kier alpha value is -2.16. The minimum atomic E-state index is -3.27. The van der Waals surface area contributed by atoms with E-state index in [1.165, 1.54) is 6.26 Å². The molecular formula is C15H15BN2O4S. The summed E-state index contributed by atoms with van der Waals surface area (Å²) in [5.41, 5.74) is 2.82. The van der Waals surface area contributed by atoms with Crippen LogP contribution in [0.3, 0.4) is 0 Å². The summed E-state index contributed by atoms with van der Waals surface area (Å²) in [6, 6.07) is 11.7. The quantitative estimate of drug-likeness (QED) is 0.665. The Morgan fingerprint density at radius 1 is 1.13 bits per heavy atom. The lowest BCUT2D eigenvalue weighted by molar-refractivity contribution is 0.426. The average Bonchev–Trinajstić information content (AvgIpc) is 2.89. The maximum absolute atomic E-state index is 11.7. The van der Waals surface area contributed by atoms with Crippen molar-refractivity contribution < 1.29 is 18.5 Å². The zero-order valence-corrected chi connectivity index (χ0v) is 13.2. The molecule has 2 N–H and O–H groups in total. The summed E-state index contributed by atoms with van der Waals surface area (Å²) in [6.45, 7) is 0.505. The predicted molar refractivity (Wildman–Crippen MR) is 88.2 cm³/mol. The van der Waals surface area contributed by atoms with Crippen LogP contribution in [0.2, 0.25) is 0 Å². The first-order valence-electron chi connectivity index (χ1n) is 6.94. The van der Waals surface area contributed by atoms with Crippen molar-refractivity contribution in [3.05, 3.63) is 54.4 Å². The molecule has 3 rings (SSSR count). The SMILES string of the molecule is CS(=O)(=O)c1ccc2ncn(Cc3ccc(B(O)O)cc3)c2c1. The molecule has 0 aliphatic rings. The van der Waals surface area contributed by atoms with Crippen LogP contribution in [0.4, 0.5) is 0 Å². The molecule has 0 amide bonds. The van der Waals surface area contributed by atoms with Gasteiger partial charge in [0.1, 0.15) is 0 Å². The average molecular weight is 330 g/mol. The van der Waals surface area contributed by atoms with Crippen molar-refractivity contribution in [1.82, 2.24) is 9.55 Å². The molecule has 8 heteroatoms. The maximum Gasteiger partial charge on any atom is 0.488 e. The fourth-order valence-corrected chi connectivity index (χ4v) is 3.03. The molecule has 0 unspecified atom stereocenters. The van der Waals surface area contributed by atoms with Crippen molar-refractivity contribution in [3.63, 3.8) is 0 Å². The number of nitrogens with zero attached hydrogens (tertiary/aromatic N) is 2. The summed E-state index contributed by atoms with van der Waals surface area (Å²) in [5.74, 6) is 0. The normalized spacial score (nSPS) is 11.8. The first-order valence-corrected chi connectivity index (χ1v) is 8.83. The number of imidazole rings is 1. The van der Waals surface area contributed by atoms with Crippen molar-refractivity contribution >= 4 is 33.5 Å². The highest BCUT2D eigenvalue weighted by atomic mass is 32.2. The van der Waals surface area contributed by atoms with Crippen molar-refractivity contribution in [3.8, 4) is 0 Å². The standard InChI is InChI=1S/C15H15BN2O4S/c1-23(21,22)13-6-7-14-15(8-13)18(10-17-14)9-11-2-4-12(5-3-11)16(19)20/h2-8,10,19-20H,9H2,1H3.